The molecule has 3 saturated heterocycles. The van der Waals surface area contributed by atoms with Gasteiger partial charge in [0.15, 0.2) is 0 Å². The van der Waals surface area contributed by atoms with Gasteiger partial charge >= 0.3 is 30.3 Å². The first-order chi connectivity index (χ1) is 24.2. The van der Waals surface area contributed by atoms with Crippen molar-refractivity contribution in [3.8, 4) is 0 Å². The number of carbonyl (C=O) groups excluding carboxylic acids is 2. The summed E-state index contributed by atoms with van der Waals surface area (Å²) in [5, 5.41) is 15.6. The number of hydrogen-bond acceptors (Lipinski definition) is 5. The summed E-state index contributed by atoms with van der Waals surface area (Å²) < 4.78 is 95.2. The number of amides is 3. The summed E-state index contributed by atoms with van der Waals surface area (Å²) in [6.07, 6.45) is -6.49. The highest BCUT2D eigenvalue weighted by Gasteiger charge is 2.43. The van der Waals surface area contributed by atoms with Crippen molar-refractivity contribution in [3.63, 3.8) is 0 Å². The topological polar surface area (TPSA) is 122 Å². The van der Waals surface area contributed by atoms with Gasteiger partial charge in [-0.3, -0.25) is 9.69 Å². The third kappa shape index (κ3) is 9.60. The number of nitrogens with zero attached hydrogens (tertiary/aromatic N) is 4. The van der Waals surface area contributed by atoms with Crippen molar-refractivity contribution in [1.82, 2.24) is 19.6 Å². The van der Waals surface area contributed by atoms with Gasteiger partial charge in [-0.25, -0.2) is 18.8 Å². The maximum Gasteiger partial charge on any atom is 0.416 e. The van der Waals surface area contributed by atoms with Gasteiger partial charge < -0.3 is 24.9 Å². The summed E-state index contributed by atoms with van der Waals surface area (Å²) in [5.74, 6) is -2.79. The van der Waals surface area contributed by atoms with E-state index in [0.29, 0.717) is 68.7 Å². The Morgan fingerprint density at radius 1 is 0.885 bits per heavy atom. The largest absolute Gasteiger partial charge is 0.478 e. The molecule has 2 N–H and O–H groups in total. The van der Waals surface area contributed by atoms with E-state index in [-0.39, 0.29) is 36.2 Å². The minimum Gasteiger partial charge on any atom is -0.478 e. The van der Waals surface area contributed by atoms with Gasteiger partial charge in [0.1, 0.15) is 5.82 Å². The van der Waals surface area contributed by atoms with Crippen LogP contribution in [0.5, 0.6) is 0 Å². The fraction of sp³-hybridized carbons (Fsp3) is 0.486. The van der Waals surface area contributed by atoms with E-state index < -0.39 is 59.4 Å². The molecule has 0 spiro atoms. The highest BCUT2D eigenvalue weighted by Crippen LogP contribution is 2.40. The van der Waals surface area contributed by atoms with E-state index in [1.54, 1.807) is 17.9 Å². The maximum atomic E-state index is 14.1. The number of benzene rings is 2. The summed E-state index contributed by atoms with van der Waals surface area (Å²) in [6, 6.07) is 3.68. The summed E-state index contributed by atoms with van der Waals surface area (Å²) >= 11 is 0. The average molecular weight is 745 g/mol. The highest BCUT2D eigenvalue weighted by molar-refractivity contribution is 5.89. The van der Waals surface area contributed by atoms with Gasteiger partial charge in [0.25, 0.3) is 0 Å². The molecule has 17 heteroatoms. The van der Waals surface area contributed by atoms with E-state index in [2.05, 4.69) is 4.90 Å². The Bertz CT molecular complexity index is 1650. The van der Waals surface area contributed by atoms with E-state index in [1.165, 1.54) is 26.1 Å². The van der Waals surface area contributed by atoms with Gasteiger partial charge in [0.05, 0.1) is 23.2 Å². The molecular weight excluding hydrogens is 705 g/mol. The minimum atomic E-state index is -5.01. The fourth-order valence-electron chi connectivity index (χ4n) is 6.99. The maximum absolute atomic E-state index is 14.1. The first kappa shape index (κ1) is 40.1. The normalized spacial score (nSPS) is 21.7. The van der Waals surface area contributed by atoms with Gasteiger partial charge in [-0.15, -0.1) is 0 Å². The molecule has 52 heavy (non-hydrogen) atoms. The molecule has 0 aromatic heterocycles. The van der Waals surface area contributed by atoms with Crippen LogP contribution in [0.4, 0.5) is 35.5 Å². The Hall–Kier alpha value is -4.67. The lowest BCUT2D eigenvalue weighted by molar-refractivity contribution is -0.143. The first-order valence-corrected chi connectivity index (χ1v) is 16.4. The SMILES string of the molecule is Cc1cc(F)ccc1[C@H]1C[C@@H](N2CCN3C(=O)CC[C@H]3C2)CCN1C(=O)N(C)C(C)c1cc(C(F)(F)F)cc(C(F)(F)F)c1.O=C(O)/C=C\C(=O)O. The number of fused-ring (bicyclic) bond motifs is 1. The van der Waals surface area contributed by atoms with Crippen LogP contribution >= 0.6 is 0 Å². The summed E-state index contributed by atoms with van der Waals surface area (Å²) in [4.78, 5) is 52.3. The molecule has 2 aromatic carbocycles. The molecule has 0 radical (unpaired) electrons. The molecule has 3 amide bonds. The predicted octanol–water partition coefficient (Wildman–Crippen LogP) is 6.51. The van der Waals surface area contributed by atoms with Crippen LogP contribution in [0, 0.1) is 12.7 Å². The predicted molar refractivity (Wildman–Crippen MR) is 172 cm³/mol. The van der Waals surface area contributed by atoms with Crippen LogP contribution in [-0.4, -0.2) is 99.0 Å². The van der Waals surface area contributed by atoms with Gasteiger partial charge in [-0.2, -0.15) is 26.3 Å². The van der Waals surface area contributed by atoms with E-state index in [9.17, 15) is 49.9 Å². The number of hydrogen-bond donors (Lipinski definition) is 2. The molecule has 3 aliphatic rings. The molecule has 10 nitrogen and oxygen atoms in total. The van der Waals surface area contributed by atoms with Crippen molar-refractivity contribution in [2.45, 2.75) is 76.1 Å². The Morgan fingerprint density at radius 2 is 1.48 bits per heavy atom. The Kier molecular flexibility index (Phi) is 12.3. The standard InChI is InChI=1S/C31H35F7N4O2.C4H4O4/c1-18-12-23(32)4-6-26(18)27-16-24(40-10-11-41-25(17-40)5-7-28(41)43)8-9-42(27)29(44)39(3)19(2)20-13-21(30(33,34)35)15-22(14-20)31(36,37)38;5-3(6)1-2-4(7)8/h4,6,12-15,19,24-25,27H,5,7-11,16-17H2,1-3H3;1-2H,(H,5,6)(H,7,8)/b;2-1-/t19?,24-,25-,27+;/m0./s1. The molecule has 3 heterocycles. The van der Waals surface area contributed by atoms with Crippen molar-refractivity contribution < 1.29 is 60.1 Å². The van der Waals surface area contributed by atoms with Gasteiger partial charge in [-0.1, -0.05) is 6.07 Å². The number of likely N-dealkylation sites (tertiary alicyclic amines) is 1. The third-order valence-electron chi connectivity index (χ3n) is 9.80. The zero-order valence-corrected chi connectivity index (χ0v) is 28.5. The van der Waals surface area contributed by atoms with Crippen molar-refractivity contribution >= 4 is 23.9 Å². The monoisotopic (exact) mass is 744 g/mol. The smallest absolute Gasteiger partial charge is 0.416 e. The van der Waals surface area contributed by atoms with Crippen molar-refractivity contribution in [1.29, 1.82) is 0 Å². The van der Waals surface area contributed by atoms with Crippen LogP contribution in [0.3, 0.4) is 0 Å². The molecular formula is C35H39F7N4O6. The number of carboxylic acid groups (broad SMARTS) is 2. The quantitative estimate of drug-likeness (QED) is 0.256. The molecule has 5 rings (SSSR count). The molecule has 0 saturated carbocycles. The number of aryl methyl sites for hydroxylation is 1. The number of halogens is 7. The van der Waals surface area contributed by atoms with Crippen LogP contribution in [-0.2, 0) is 26.7 Å². The van der Waals surface area contributed by atoms with Crippen LogP contribution < -0.4 is 0 Å². The summed E-state index contributed by atoms with van der Waals surface area (Å²) in [5.41, 5.74) is -1.84. The van der Waals surface area contributed by atoms with Crippen molar-refractivity contribution in [2.24, 2.45) is 0 Å². The van der Waals surface area contributed by atoms with Crippen LogP contribution in [0.15, 0.2) is 48.6 Å². The number of piperidine rings is 1. The summed E-state index contributed by atoms with van der Waals surface area (Å²) in [6.45, 7) is 5.43. The lowest BCUT2D eigenvalue weighted by atomic mass is 9.88. The second kappa shape index (κ2) is 15.9. The Labute approximate surface area is 295 Å². The van der Waals surface area contributed by atoms with Crippen molar-refractivity contribution in [3.05, 3.63) is 82.2 Å². The number of alkyl halides is 6. The van der Waals surface area contributed by atoms with E-state index in [4.69, 9.17) is 10.2 Å². The Morgan fingerprint density at radius 3 is 2.02 bits per heavy atom. The molecule has 284 valence electrons. The van der Waals surface area contributed by atoms with Gasteiger partial charge in [-0.05, 0) is 80.1 Å². The zero-order chi connectivity index (χ0) is 38.7. The minimum absolute atomic E-state index is 0.0619. The second-order valence-electron chi connectivity index (χ2n) is 13.1. The molecule has 4 atom stereocenters. The molecule has 2 aromatic rings. The number of aliphatic carboxylic acids is 2. The fourth-order valence-corrected chi connectivity index (χ4v) is 6.99. The van der Waals surface area contributed by atoms with Crippen LogP contribution in [0.25, 0.3) is 0 Å². The van der Waals surface area contributed by atoms with E-state index in [1.807, 2.05) is 4.90 Å². The number of urea groups is 1. The lowest BCUT2D eigenvalue weighted by Gasteiger charge is -2.48. The van der Waals surface area contributed by atoms with E-state index >= 15 is 0 Å². The van der Waals surface area contributed by atoms with Gasteiger partial charge in [0.2, 0.25) is 5.91 Å². The molecule has 0 bridgehead atoms. The van der Waals surface area contributed by atoms with Gasteiger partial charge in [0, 0.05) is 63.9 Å². The van der Waals surface area contributed by atoms with Crippen LogP contribution in [0.1, 0.15) is 72.5 Å². The lowest BCUT2D eigenvalue weighted by Crippen LogP contribution is -2.57. The zero-order valence-electron chi connectivity index (χ0n) is 28.5. The number of carbonyl (C=O) groups is 4. The van der Waals surface area contributed by atoms with Crippen molar-refractivity contribution in [2.75, 3.05) is 33.2 Å². The molecule has 3 aliphatic heterocycles. The van der Waals surface area contributed by atoms with Crippen LogP contribution in [0.2, 0.25) is 0 Å². The molecule has 3 fully saturated rings. The molecule has 1 unspecified atom stereocenters. The second-order valence-corrected chi connectivity index (χ2v) is 13.1. The first-order valence-electron chi connectivity index (χ1n) is 16.4. The highest BCUT2D eigenvalue weighted by atomic mass is 19.4. The third-order valence-corrected chi connectivity index (χ3v) is 9.80. The van der Waals surface area contributed by atoms with E-state index in [0.717, 1.165) is 16.9 Å². The Balaban J connectivity index is 0.000000677. The number of rotatable bonds is 6. The average Bonchev–Trinajstić information content (AvgIpc) is 3.45. The summed E-state index contributed by atoms with van der Waals surface area (Å²) in [7, 11) is 1.36. The number of carboxylic acids is 2. The number of piperazine rings is 1. The molecule has 0 aliphatic carbocycles.